The summed E-state index contributed by atoms with van der Waals surface area (Å²) in [5.41, 5.74) is 0. The largest absolute Gasteiger partial charge is 0 e. The first-order valence-corrected chi connectivity index (χ1v) is 0. The van der Waals surface area contributed by atoms with E-state index < -0.39 is 0 Å². The summed E-state index contributed by atoms with van der Waals surface area (Å²) in [6.07, 6.45) is 0. The Morgan fingerprint density at radius 1 is 1.00 bits per heavy atom. The van der Waals surface area contributed by atoms with E-state index in [2.05, 4.69) is 0 Å². The Labute approximate surface area is 76.3 Å². The van der Waals surface area contributed by atoms with Crippen molar-refractivity contribution in [2.24, 2.45) is 0 Å². The van der Waals surface area contributed by atoms with Gasteiger partial charge in [-0.3, -0.25) is 0 Å². The van der Waals surface area contributed by atoms with Gasteiger partial charge in [-0.15, -0.1) is 0 Å². The summed E-state index contributed by atoms with van der Waals surface area (Å²) in [6.45, 7) is 0. The summed E-state index contributed by atoms with van der Waals surface area (Å²) in [5.74, 6) is 0. The Bertz CT molecular complexity index is 8.00. The van der Waals surface area contributed by atoms with Crippen LogP contribution in [0.15, 0.2) is 0 Å². The van der Waals surface area contributed by atoms with Gasteiger partial charge >= 0.3 is 0 Å². The minimum Gasteiger partial charge on any atom is 0 e. The van der Waals surface area contributed by atoms with E-state index in [1.807, 2.05) is 0 Å². The molecule has 0 aromatic rings. The van der Waals surface area contributed by atoms with Crippen LogP contribution in [0.4, 0.5) is 0 Å². The first-order chi connectivity index (χ1) is 0. The zero-order chi connectivity index (χ0) is 0. The van der Waals surface area contributed by atoms with Crippen LogP contribution in [-0.2, 0) is 46.8 Å². The van der Waals surface area contributed by atoms with Gasteiger partial charge in [0.05, 0.1) is 0 Å². The monoisotopic (exact) mass is 290 g/mol. The molecular weight excluding hydrogens is 289 g/mol. The van der Waals surface area contributed by atoms with Crippen molar-refractivity contribution in [3.05, 3.63) is 0 Å². The van der Waals surface area contributed by atoms with Crippen molar-refractivity contribution in [1.82, 2.24) is 0 Å². The molecule has 0 nitrogen and oxygen atoms in total. The molecule has 0 saturated carbocycles. The van der Waals surface area contributed by atoms with E-state index in [9.17, 15) is 0 Å². The SMILES string of the molecule is [Cd].[S].[Se].[Zn]. The summed E-state index contributed by atoms with van der Waals surface area (Å²) in [7, 11) is 0. The third-order valence-corrected chi connectivity index (χ3v) is 0. The van der Waals surface area contributed by atoms with Gasteiger partial charge in [0.25, 0.3) is 0 Å². The second-order valence-corrected chi connectivity index (χ2v) is 0. The standard InChI is InChI=1S/Cd.S.Se.Zn. The maximum atomic E-state index is 0. The summed E-state index contributed by atoms with van der Waals surface area (Å²) in [5, 5.41) is 0. The first-order valence-electron chi connectivity index (χ1n) is 0. The zero-order valence-electron chi connectivity index (χ0n) is 2.23. The summed E-state index contributed by atoms with van der Waals surface area (Å²) in [6, 6.07) is 0. The van der Waals surface area contributed by atoms with Crippen molar-refractivity contribution in [2.75, 3.05) is 0 Å². The molecule has 4 heteroatoms. The van der Waals surface area contributed by atoms with Crippen molar-refractivity contribution >= 4 is 30.6 Å². The zero-order valence-corrected chi connectivity index (χ0v) is 11.8. The maximum Gasteiger partial charge on any atom is 0 e. The summed E-state index contributed by atoms with van der Waals surface area (Å²) < 4.78 is 0. The second kappa shape index (κ2) is 18.1. The van der Waals surface area contributed by atoms with Gasteiger partial charge in [0, 0.05) is 77.3 Å². The van der Waals surface area contributed by atoms with Crippen LogP contribution in [0.5, 0.6) is 0 Å². The van der Waals surface area contributed by atoms with Gasteiger partial charge in [-0.1, -0.05) is 0 Å². The predicted octanol–water partition coefficient (Wildman–Crippen LogP) is 0.262. The molecule has 0 atom stereocenters. The molecule has 0 N–H and O–H groups in total. The predicted molar refractivity (Wildman–Crippen MR) is 13.3 cm³/mol. The molecule has 0 rings (SSSR count). The molecule has 0 aromatic heterocycles. The minimum absolute atomic E-state index is 0. The minimum atomic E-state index is 0. The van der Waals surface area contributed by atoms with Crippen LogP contribution in [0.1, 0.15) is 0 Å². The van der Waals surface area contributed by atoms with Gasteiger partial charge in [-0.2, -0.15) is 0 Å². The Kier molecular flexibility index (Phi) is 146. The average Bonchev–Trinajstić information content (AvgIpc) is 0. The number of hydrogen-bond acceptors (Lipinski definition) is 0. The van der Waals surface area contributed by atoms with Gasteiger partial charge in [0.2, 0.25) is 0 Å². The number of rotatable bonds is 0. The molecule has 0 heterocycles. The summed E-state index contributed by atoms with van der Waals surface area (Å²) >= 11 is 0. The fraction of sp³-hybridized carbons (Fsp3) is 0. The maximum absolute atomic E-state index is 0. The van der Waals surface area contributed by atoms with Crippen LogP contribution >= 0.6 is 13.5 Å². The molecule has 0 aliphatic rings. The van der Waals surface area contributed by atoms with E-state index in [0.717, 1.165) is 0 Å². The topological polar surface area (TPSA) is 0 Å². The van der Waals surface area contributed by atoms with Gasteiger partial charge in [0.1, 0.15) is 0 Å². The van der Waals surface area contributed by atoms with E-state index in [0.29, 0.717) is 0 Å². The van der Waals surface area contributed by atoms with Crippen LogP contribution in [0.25, 0.3) is 0 Å². The smallest absolute Gasteiger partial charge is 0 e. The Morgan fingerprint density at radius 3 is 1.00 bits per heavy atom. The third kappa shape index (κ3) is 8.83. The molecule has 0 saturated heterocycles. The molecule has 0 unspecified atom stereocenters. The molecule has 0 spiro atoms. The molecule has 0 aliphatic carbocycles. The first kappa shape index (κ1) is 32.3. The molecule has 16 valence electrons. The fourth-order valence-corrected chi connectivity index (χ4v) is 0. The molecule has 0 bridgehead atoms. The van der Waals surface area contributed by atoms with Crippen LogP contribution in [0, 0.1) is 0 Å². The van der Waals surface area contributed by atoms with Crippen LogP contribution < -0.4 is 0 Å². The molecule has 4 radical (unpaired) electrons. The molecule has 0 aromatic carbocycles. The van der Waals surface area contributed by atoms with Gasteiger partial charge in [-0.25, -0.2) is 0 Å². The van der Waals surface area contributed by atoms with Gasteiger partial charge < -0.3 is 0 Å². The van der Waals surface area contributed by atoms with Crippen molar-refractivity contribution in [3.8, 4) is 0 Å². The van der Waals surface area contributed by atoms with E-state index in [1.54, 1.807) is 0 Å². The van der Waals surface area contributed by atoms with E-state index in [-0.39, 0.29) is 77.3 Å². The van der Waals surface area contributed by atoms with E-state index >= 15 is 0 Å². The normalized spacial score (nSPS) is 0. The quantitative estimate of drug-likeness (QED) is 0.561. The van der Waals surface area contributed by atoms with Crippen LogP contribution in [0.3, 0.4) is 0 Å². The Morgan fingerprint density at radius 2 is 1.00 bits per heavy atom. The second-order valence-electron chi connectivity index (χ2n) is 0. The van der Waals surface area contributed by atoms with Crippen molar-refractivity contribution in [3.63, 3.8) is 0 Å². The summed E-state index contributed by atoms with van der Waals surface area (Å²) in [4.78, 5) is 0. The Balaban J connectivity index is 0. The number of hydrogen-bond donors (Lipinski definition) is 0. The van der Waals surface area contributed by atoms with Crippen LogP contribution in [-0.4, -0.2) is 17.1 Å². The average molecular weight is 289 g/mol. The van der Waals surface area contributed by atoms with Crippen molar-refractivity contribution < 1.29 is 46.8 Å². The Hall–Kier alpha value is 2.41. The molecule has 0 amide bonds. The van der Waals surface area contributed by atoms with Gasteiger partial charge in [0.15, 0.2) is 0 Å². The van der Waals surface area contributed by atoms with Crippen molar-refractivity contribution in [2.45, 2.75) is 0 Å². The van der Waals surface area contributed by atoms with Crippen LogP contribution in [0.2, 0.25) is 0 Å². The fourth-order valence-electron chi connectivity index (χ4n) is 0. The molecular formula is CdSSeZn. The third-order valence-electron chi connectivity index (χ3n) is 0. The van der Waals surface area contributed by atoms with E-state index in [1.165, 1.54) is 0 Å². The van der Waals surface area contributed by atoms with Crippen molar-refractivity contribution in [1.29, 1.82) is 0 Å². The molecule has 0 aliphatic heterocycles. The molecule has 0 fully saturated rings. The van der Waals surface area contributed by atoms with Gasteiger partial charge in [-0.05, 0) is 0 Å². The molecule has 4 heavy (non-hydrogen) atoms. The van der Waals surface area contributed by atoms with E-state index in [4.69, 9.17) is 0 Å².